The molecule has 1 aliphatic rings. The van der Waals surface area contributed by atoms with Gasteiger partial charge in [0.1, 0.15) is 0 Å². The summed E-state index contributed by atoms with van der Waals surface area (Å²) in [6.45, 7) is 7.53. The molecule has 1 rings (SSSR count). The van der Waals surface area contributed by atoms with Crippen LogP contribution in [0.4, 0.5) is 13.2 Å². The van der Waals surface area contributed by atoms with Crippen LogP contribution in [0, 0.1) is 5.92 Å². The van der Waals surface area contributed by atoms with Crippen molar-refractivity contribution in [3.05, 3.63) is 0 Å². The van der Waals surface area contributed by atoms with E-state index in [1.54, 1.807) is 0 Å². The Morgan fingerprint density at radius 3 is 2.71 bits per heavy atom. The lowest BCUT2D eigenvalue weighted by Gasteiger charge is -2.39. The number of nitrogens with one attached hydrogen (secondary N) is 1. The van der Waals surface area contributed by atoms with E-state index in [0.29, 0.717) is 18.5 Å². The van der Waals surface area contributed by atoms with Gasteiger partial charge in [-0.1, -0.05) is 20.3 Å². The summed E-state index contributed by atoms with van der Waals surface area (Å²) in [6.07, 6.45) is -3.39. The molecule has 1 heterocycles. The highest BCUT2D eigenvalue weighted by Crippen LogP contribution is 2.23. The first-order valence-electron chi connectivity index (χ1n) is 6.45. The smallest absolute Gasteiger partial charge is 0.314 e. The Hall–Kier alpha value is -0.290. The van der Waals surface area contributed by atoms with Crippen molar-refractivity contribution in [2.24, 2.45) is 5.92 Å². The third-order valence-electron chi connectivity index (χ3n) is 3.60. The Balaban J connectivity index is 2.38. The Morgan fingerprint density at radius 1 is 1.41 bits per heavy atom. The second kappa shape index (κ2) is 6.59. The molecule has 5 heteroatoms. The average molecular weight is 252 g/mol. The van der Waals surface area contributed by atoms with Crippen molar-refractivity contribution in [1.82, 2.24) is 10.2 Å². The average Bonchev–Trinajstić information content (AvgIpc) is 2.27. The predicted molar refractivity (Wildman–Crippen MR) is 63.0 cm³/mol. The lowest BCUT2D eigenvalue weighted by molar-refractivity contribution is -0.136. The number of piperazine rings is 1. The maximum absolute atomic E-state index is 12.1. The van der Waals surface area contributed by atoms with Gasteiger partial charge in [-0.3, -0.25) is 4.90 Å². The Bertz CT molecular complexity index is 218. The van der Waals surface area contributed by atoms with Crippen LogP contribution in [-0.4, -0.2) is 43.3 Å². The number of alkyl halides is 3. The lowest BCUT2D eigenvalue weighted by Crippen LogP contribution is -2.54. The molecule has 1 aliphatic heterocycles. The van der Waals surface area contributed by atoms with Crippen LogP contribution in [0.3, 0.4) is 0 Å². The lowest BCUT2D eigenvalue weighted by atomic mass is 9.96. The van der Waals surface area contributed by atoms with Gasteiger partial charge < -0.3 is 5.32 Å². The number of nitrogens with zero attached hydrogens (tertiary/aromatic N) is 1. The molecule has 0 spiro atoms. The minimum absolute atomic E-state index is 0.219. The molecule has 0 aromatic carbocycles. The van der Waals surface area contributed by atoms with E-state index in [4.69, 9.17) is 0 Å². The summed E-state index contributed by atoms with van der Waals surface area (Å²) in [5, 5.41) is 3.32. The van der Waals surface area contributed by atoms with Gasteiger partial charge in [0.05, 0.1) is 0 Å². The van der Waals surface area contributed by atoms with Gasteiger partial charge in [0.15, 0.2) is 0 Å². The maximum atomic E-state index is 12.1. The minimum Gasteiger partial charge on any atom is -0.314 e. The second-order valence-corrected chi connectivity index (χ2v) is 4.91. The summed E-state index contributed by atoms with van der Waals surface area (Å²) < 4.78 is 36.3. The molecule has 0 radical (unpaired) electrons. The third kappa shape index (κ3) is 5.25. The summed E-state index contributed by atoms with van der Waals surface area (Å²) in [5.74, 6) is 0.536. The van der Waals surface area contributed by atoms with Crippen molar-refractivity contribution >= 4 is 0 Å². The molecule has 2 atom stereocenters. The van der Waals surface area contributed by atoms with E-state index >= 15 is 0 Å². The molecule has 1 saturated heterocycles. The molecule has 0 aromatic heterocycles. The van der Waals surface area contributed by atoms with Gasteiger partial charge >= 0.3 is 6.18 Å². The van der Waals surface area contributed by atoms with E-state index in [2.05, 4.69) is 24.1 Å². The molecule has 0 saturated carbocycles. The number of hydrogen-bond acceptors (Lipinski definition) is 2. The number of halogens is 3. The monoisotopic (exact) mass is 252 g/mol. The van der Waals surface area contributed by atoms with E-state index in [1.165, 1.54) is 0 Å². The fraction of sp³-hybridized carbons (Fsp3) is 1.00. The van der Waals surface area contributed by atoms with Crippen molar-refractivity contribution in [2.45, 2.75) is 45.3 Å². The molecule has 17 heavy (non-hydrogen) atoms. The molecule has 2 unspecified atom stereocenters. The first-order chi connectivity index (χ1) is 7.94. The van der Waals surface area contributed by atoms with E-state index < -0.39 is 12.6 Å². The van der Waals surface area contributed by atoms with Gasteiger partial charge in [-0.25, -0.2) is 0 Å². The highest BCUT2D eigenvalue weighted by Gasteiger charge is 2.29. The molecule has 0 amide bonds. The molecule has 102 valence electrons. The topological polar surface area (TPSA) is 15.3 Å². The first kappa shape index (κ1) is 14.8. The first-order valence-corrected chi connectivity index (χ1v) is 6.45. The Morgan fingerprint density at radius 2 is 2.12 bits per heavy atom. The zero-order valence-corrected chi connectivity index (χ0v) is 10.7. The zero-order valence-electron chi connectivity index (χ0n) is 10.7. The molecule has 0 aromatic rings. The molecular weight excluding hydrogens is 229 g/mol. The number of rotatable bonds is 5. The highest BCUT2D eigenvalue weighted by atomic mass is 19.4. The quantitative estimate of drug-likeness (QED) is 0.809. The SMILES string of the molecule is CCC(C)C1CNCCN1CCCC(F)(F)F. The van der Waals surface area contributed by atoms with Crippen LogP contribution in [0.1, 0.15) is 33.1 Å². The largest absolute Gasteiger partial charge is 0.389 e. The zero-order chi connectivity index (χ0) is 12.9. The Labute approximate surface area is 102 Å². The van der Waals surface area contributed by atoms with Crippen LogP contribution in [0.25, 0.3) is 0 Å². The molecular formula is C12H23F3N2. The van der Waals surface area contributed by atoms with Gasteiger partial charge in [0, 0.05) is 32.1 Å². The second-order valence-electron chi connectivity index (χ2n) is 4.91. The summed E-state index contributed by atoms with van der Waals surface area (Å²) in [5.41, 5.74) is 0. The van der Waals surface area contributed by atoms with Crippen LogP contribution in [0.15, 0.2) is 0 Å². The Kier molecular flexibility index (Phi) is 5.73. The van der Waals surface area contributed by atoms with Gasteiger partial charge in [-0.2, -0.15) is 13.2 Å². The fourth-order valence-corrected chi connectivity index (χ4v) is 2.36. The van der Waals surface area contributed by atoms with Crippen LogP contribution in [0.2, 0.25) is 0 Å². The van der Waals surface area contributed by atoms with Crippen LogP contribution >= 0.6 is 0 Å². The van der Waals surface area contributed by atoms with Gasteiger partial charge in [-0.05, 0) is 18.9 Å². The van der Waals surface area contributed by atoms with E-state index in [0.717, 1.165) is 26.1 Å². The van der Waals surface area contributed by atoms with Gasteiger partial charge in [0.2, 0.25) is 0 Å². The van der Waals surface area contributed by atoms with Crippen molar-refractivity contribution in [2.75, 3.05) is 26.2 Å². The van der Waals surface area contributed by atoms with Crippen molar-refractivity contribution in [3.8, 4) is 0 Å². The molecule has 0 bridgehead atoms. The summed E-state index contributed by atoms with van der Waals surface area (Å²) in [4.78, 5) is 2.22. The van der Waals surface area contributed by atoms with Crippen LogP contribution in [0.5, 0.6) is 0 Å². The fourth-order valence-electron chi connectivity index (χ4n) is 2.36. The molecule has 1 N–H and O–H groups in total. The maximum Gasteiger partial charge on any atom is 0.389 e. The van der Waals surface area contributed by atoms with Gasteiger partial charge in [-0.15, -0.1) is 0 Å². The molecule has 2 nitrogen and oxygen atoms in total. The van der Waals surface area contributed by atoms with Crippen molar-refractivity contribution in [3.63, 3.8) is 0 Å². The van der Waals surface area contributed by atoms with Gasteiger partial charge in [0.25, 0.3) is 0 Å². The summed E-state index contributed by atoms with van der Waals surface area (Å²) >= 11 is 0. The molecule has 0 aliphatic carbocycles. The van der Waals surface area contributed by atoms with E-state index in [9.17, 15) is 13.2 Å². The molecule has 1 fully saturated rings. The van der Waals surface area contributed by atoms with E-state index in [-0.39, 0.29) is 6.42 Å². The third-order valence-corrected chi connectivity index (χ3v) is 3.60. The van der Waals surface area contributed by atoms with Crippen LogP contribution in [-0.2, 0) is 0 Å². The number of hydrogen-bond donors (Lipinski definition) is 1. The van der Waals surface area contributed by atoms with Crippen LogP contribution < -0.4 is 5.32 Å². The normalized spacial score (nSPS) is 24.9. The van der Waals surface area contributed by atoms with Crippen molar-refractivity contribution in [1.29, 1.82) is 0 Å². The highest BCUT2D eigenvalue weighted by molar-refractivity contribution is 4.83. The summed E-state index contributed by atoms with van der Waals surface area (Å²) in [6, 6.07) is 0.391. The summed E-state index contributed by atoms with van der Waals surface area (Å²) in [7, 11) is 0. The standard InChI is InChI=1S/C12H23F3N2/c1-3-10(2)11-9-16-6-8-17(11)7-4-5-12(13,14)15/h10-11,16H,3-9H2,1-2H3. The predicted octanol–water partition coefficient (Wildman–Crippen LogP) is 2.65. The van der Waals surface area contributed by atoms with Crippen molar-refractivity contribution < 1.29 is 13.2 Å². The minimum atomic E-state index is -4.01. The van der Waals surface area contributed by atoms with E-state index in [1.807, 2.05) is 0 Å².